The lowest BCUT2D eigenvalue weighted by Gasteiger charge is -2.38. The highest BCUT2D eigenvalue weighted by molar-refractivity contribution is 6.32. The Bertz CT molecular complexity index is 1040. The minimum Gasteiger partial charge on any atom is -0.490 e. The molecule has 1 N–H and O–H groups in total. The number of anilines is 1. The zero-order valence-electron chi connectivity index (χ0n) is 19.0. The zero-order valence-corrected chi connectivity index (χ0v) is 19.7. The van der Waals surface area contributed by atoms with Gasteiger partial charge in [-0.1, -0.05) is 23.7 Å². The second-order valence-electron chi connectivity index (χ2n) is 9.03. The van der Waals surface area contributed by atoms with Crippen LogP contribution in [0.1, 0.15) is 47.2 Å². The summed E-state index contributed by atoms with van der Waals surface area (Å²) in [6, 6.07) is 13.0. The molecule has 0 atom stereocenters. The average Bonchev–Trinajstić information content (AvgIpc) is 2.84. The first-order valence-electron chi connectivity index (χ1n) is 11.6. The van der Waals surface area contributed by atoms with Gasteiger partial charge in [-0.25, -0.2) is 4.79 Å². The molecule has 2 fully saturated rings. The molecule has 0 bridgehead atoms. The minimum atomic E-state index is -0.865. The maximum absolute atomic E-state index is 11.5. The van der Waals surface area contributed by atoms with E-state index in [1.807, 2.05) is 25.1 Å². The molecule has 33 heavy (non-hydrogen) atoms. The Morgan fingerprint density at radius 3 is 2.48 bits per heavy atom. The number of aromatic carboxylic acids is 1. The van der Waals surface area contributed by atoms with E-state index in [-0.39, 0.29) is 6.10 Å². The van der Waals surface area contributed by atoms with Crippen molar-refractivity contribution in [3.05, 3.63) is 58.1 Å². The smallest absolute Gasteiger partial charge is 0.337 e. The van der Waals surface area contributed by atoms with Crippen molar-refractivity contribution in [3.8, 4) is 11.8 Å². The number of carbonyl (C=O) groups is 1. The van der Waals surface area contributed by atoms with Gasteiger partial charge in [-0.05, 0) is 62.8 Å². The van der Waals surface area contributed by atoms with Crippen LogP contribution in [0, 0.1) is 24.2 Å². The number of halogens is 1. The molecule has 2 heterocycles. The number of piperidine rings is 2. The lowest BCUT2D eigenvalue weighted by molar-refractivity contribution is 0.0697. The van der Waals surface area contributed by atoms with Crippen LogP contribution in [-0.4, -0.2) is 54.8 Å². The van der Waals surface area contributed by atoms with Crippen LogP contribution in [0.15, 0.2) is 36.4 Å². The monoisotopic (exact) mass is 467 g/mol. The molecule has 0 saturated carbocycles. The number of hydrogen-bond acceptors (Lipinski definition) is 5. The molecule has 0 amide bonds. The Balaban J connectivity index is 1.24. The summed E-state index contributed by atoms with van der Waals surface area (Å²) < 4.78 is 6.22. The van der Waals surface area contributed by atoms with E-state index in [0.717, 1.165) is 75.4 Å². The zero-order chi connectivity index (χ0) is 23.4. The van der Waals surface area contributed by atoms with E-state index in [0.29, 0.717) is 22.1 Å². The molecular weight excluding hydrogens is 438 g/mol. The van der Waals surface area contributed by atoms with Crippen molar-refractivity contribution in [1.82, 2.24) is 4.90 Å². The number of para-hydroxylation sites is 1. The van der Waals surface area contributed by atoms with Crippen molar-refractivity contribution < 1.29 is 14.6 Å². The number of hydrogen-bond donors (Lipinski definition) is 1. The Morgan fingerprint density at radius 1 is 1.12 bits per heavy atom. The molecule has 2 aliphatic rings. The third-order valence-electron chi connectivity index (χ3n) is 6.89. The van der Waals surface area contributed by atoms with E-state index >= 15 is 0 Å². The summed E-state index contributed by atoms with van der Waals surface area (Å²) in [5.74, 6) is 0.540. The summed E-state index contributed by atoms with van der Waals surface area (Å²) in [7, 11) is 0. The molecule has 0 radical (unpaired) electrons. The molecule has 2 aromatic carbocycles. The van der Waals surface area contributed by atoms with Crippen molar-refractivity contribution in [2.45, 2.75) is 38.7 Å². The molecule has 0 aromatic heterocycles. The maximum Gasteiger partial charge on any atom is 0.337 e. The molecule has 0 spiro atoms. The molecule has 7 heteroatoms. The van der Waals surface area contributed by atoms with E-state index in [1.165, 1.54) is 0 Å². The normalized spacial score (nSPS) is 18.2. The Kier molecular flexibility index (Phi) is 7.42. The maximum atomic E-state index is 11.5. The predicted molar refractivity (Wildman–Crippen MR) is 129 cm³/mol. The highest BCUT2D eigenvalue weighted by Gasteiger charge is 2.27. The second kappa shape index (κ2) is 10.5. The van der Waals surface area contributed by atoms with E-state index in [4.69, 9.17) is 21.6 Å². The fraction of sp³-hybridized carbons (Fsp3) is 0.462. The van der Waals surface area contributed by atoms with E-state index in [9.17, 15) is 9.90 Å². The fourth-order valence-electron chi connectivity index (χ4n) is 4.92. The molecule has 2 aromatic rings. The standard InChI is InChI=1S/C26H30ClN3O3/c1-18-24(7-6-20(16-28)25(18)27)33-21-10-12-29(13-11-21)17-19-8-14-30(15-9-19)23-5-3-2-4-22(23)26(31)32/h2-7,19,21H,8-15,17H2,1H3,(H,31,32). The first kappa shape index (κ1) is 23.4. The Labute approximate surface area is 200 Å². The molecule has 4 rings (SSSR count). The van der Waals surface area contributed by atoms with Crippen molar-refractivity contribution in [1.29, 1.82) is 5.26 Å². The highest BCUT2D eigenvalue weighted by Crippen LogP contribution is 2.31. The highest BCUT2D eigenvalue weighted by atomic mass is 35.5. The Morgan fingerprint density at radius 2 is 1.82 bits per heavy atom. The molecule has 174 valence electrons. The largest absolute Gasteiger partial charge is 0.490 e. The number of carboxylic acids is 1. The van der Waals surface area contributed by atoms with Crippen LogP contribution in [-0.2, 0) is 0 Å². The van der Waals surface area contributed by atoms with E-state index in [2.05, 4.69) is 15.9 Å². The number of rotatable bonds is 6. The topological polar surface area (TPSA) is 76.8 Å². The third-order valence-corrected chi connectivity index (χ3v) is 7.38. The van der Waals surface area contributed by atoms with Gasteiger partial charge in [0.2, 0.25) is 0 Å². The van der Waals surface area contributed by atoms with Crippen molar-refractivity contribution >= 4 is 23.3 Å². The lowest BCUT2D eigenvalue weighted by Crippen LogP contribution is -2.43. The van der Waals surface area contributed by atoms with Gasteiger partial charge in [-0.15, -0.1) is 0 Å². The van der Waals surface area contributed by atoms with Crippen LogP contribution in [0.4, 0.5) is 5.69 Å². The van der Waals surface area contributed by atoms with Gasteiger partial charge in [0.1, 0.15) is 17.9 Å². The van der Waals surface area contributed by atoms with Gasteiger partial charge in [0.15, 0.2) is 0 Å². The molecule has 2 saturated heterocycles. The van der Waals surface area contributed by atoms with Gasteiger partial charge in [-0.2, -0.15) is 5.26 Å². The second-order valence-corrected chi connectivity index (χ2v) is 9.41. The van der Waals surface area contributed by atoms with Crippen molar-refractivity contribution in [2.75, 3.05) is 37.6 Å². The fourth-order valence-corrected chi connectivity index (χ4v) is 5.12. The minimum absolute atomic E-state index is 0.165. The van der Waals surface area contributed by atoms with Crippen LogP contribution in [0.3, 0.4) is 0 Å². The quantitative estimate of drug-likeness (QED) is 0.645. The summed E-state index contributed by atoms with van der Waals surface area (Å²) >= 11 is 6.28. The predicted octanol–water partition coefficient (Wildman–Crippen LogP) is 4.98. The van der Waals surface area contributed by atoms with Crippen LogP contribution in [0.2, 0.25) is 5.02 Å². The number of nitriles is 1. The SMILES string of the molecule is Cc1c(OC2CCN(CC3CCN(c4ccccc4C(=O)O)CC3)CC2)ccc(C#N)c1Cl. The number of ether oxygens (including phenoxy) is 1. The van der Waals surface area contributed by atoms with Gasteiger partial charge in [0, 0.05) is 38.3 Å². The van der Waals surface area contributed by atoms with Crippen LogP contribution in [0.25, 0.3) is 0 Å². The third kappa shape index (κ3) is 5.43. The average molecular weight is 468 g/mol. The summed E-state index contributed by atoms with van der Waals surface area (Å²) in [6.45, 7) is 6.80. The molecule has 2 aliphatic heterocycles. The number of likely N-dealkylation sites (tertiary alicyclic amines) is 1. The van der Waals surface area contributed by atoms with Crippen molar-refractivity contribution in [3.63, 3.8) is 0 Å². The van der Waals surface area contributed by atoms with Crippen LogP contribution >= 0.6 is 11.6 Å². The van der Waals surface area contributed by atoms with Crippen molar-refractivity contribution in [2.24, 2.45) is 5.92 Å². The summed E-state index contributed by atoms with van der Waals surface area (Å²) in [5.41, 5.74) is 2.53. The number of nitrogens with zero attached hydrogens (tertiary/aromatic N) is 3. The number of benzene rings is 2. The summed E-state index contributed by atoms with van der Waals surface area (Å²) in [6.07, 6.45) is 4.27. The first-order valence-corrected chi connectivity index (χ1v) is 12.0. The first-order chi connectivity index (χ1) is 16.0. The van der Waals surface area contributed by atoms with Gasteiger partial charge in [-0.3, -0.25) is 0 Å². The molecular formula is C26H30ClN3O3. The van der Waals surface area contributed by atoms with Gasteiger partial charge < -0.3 is 19.6 Å². The number of carboxylic acid groups (broad SMARTS) is 1. The van der Waals surface area contributed by atoms with E-state index in [1.54, 1.807) is 18.2 Å². The summed E-state index contributed by atoms with van der Waals surface area (Å²) in [4.78, 5) is 16.3. The Hall–Kier alpha value is -2.75. The van der Waals surface area contributed by atoms with Crippen LogP contribution in [0.5, 0.6) is 5.75 Å². The molecule has 0 aliphatic carbocycles. The van der Waals surface area contributed by atoms with Gasteiger partial charge in [0.05, 0.1) is 21.8 Å². The van der Waals surface area contributed by atoms with Gasteiger partial charge in [0.25, 0.3) is 0 Å². The van der Waals surface area contributed by atoms with Crippen LogP contribution < -0.4 is 9.64 Å². The van der Waals surface area contributed by atoms with Gasteiger partial charge >= 0.3 is 5.97 Å². The lowest BCUT2D eigenvalue weighted by atomic mass is 9.94. The molecule has 0 unspecified atom stereocenters. The van der Waals surface area contributed by atoms with E-state index < -0.39 is 5.97 Å². The summed E-state index contributed by atoms with van der Waals surface area (Å²) in [5, 5.41) is 19.1. The molecule has 6 nitrogen and oxygen atoms in total.